The Morgan fingerprint density at radius 3 is 2.69 bits per heavy atom. The Morgan fingerprint density at radius 1 is 1.27 bits per heavy atom. The van der Waals surface area contributed by atoms with Crippen LogP contribution in [0.2, 0.25) is 0 Å². The van der Waals surface area contributed by atoms with E-state index in [1.807, 2.05) is 37.3 Å². The number of ether oxygens (including phenoxy) is 1. The van der Waals surface area contributed by atoms with Crippen molar-refractivity contribution in [2.45, 2.75) is 25.4 Å². The monoisotopic (exact) mass is 355 g/mol. The first-order chi connectivity index (χ1) is 12.4. The summed E-state index contributed by atoms with van der Waals surface area (Å²) in [5, 5.41) is 20.5. The molecule has 1 saturated heterocycles. The molecule has 5 heteroatoms. The van der Waals surface area contributed by atoms with Crippen LogP contribution in [0.5, 0.6) is 11.5 Å². The van der Waals surface area contributed by atoms with E-state index in [9.17, 15) is 15.0 Å². The van der Waals surface area contributed by atoms with Gasteiger partial charge < -0.3 is 19.8 Å². The number of phenols is 1. The van der Waals surface area contributed by atoms with Gasteiger partial charge in [0.15, 0.2) is 11.5 Å². The Morgan fingerprint density at radius 2 is 2.00 bits per heavy atom. The lowest BCUT2D eigenvalue weighted by atomic mass is 9.78. The third-order valence-electron chi connectivity index (χ3n) is 5.25. The van der Waals surface area contributed by atoms with Crippen LogP contribution in [0.4, 0.5) is 0 Å². The summed E-state index contributed by atoms with van der Waals surface area (Å²) < 4.78 is 5.10. The van der Waals surface area contributed by atoms with Gasteiger partial charge in [-0.25, -0.2) is 0 Å². The molecule has 1 heterocycles. The molecule has 0 radical (unpaired) electrons. The smallest absolute Gasteiger partial charge is 0.254 e. The van der Waals surface area contributed by atoms with Crippen molar-refractivity contribution in [3.05, 3.63) is 59.7 Å². The molecule has 0 unspecified atom stereocenters. The topological polar surface area (TPSA) is 70.0 Å². The summed E-state index contributed by atoms with van der Waals surface area (Å²) in [6, 6.07) is 14.6. The Bertz CT molecular complexity index is 773. The quantitative estimate of drug-likeness (QED) is 0.885. The van der Waals surface area contributed by atoms with Crippen LogP contribution < -0.4 is 4.74 Å². The molecule has 0 saturated carbocycles. The first-order valence-corrected chi connectivity index (χ1v) is 8.83. The van der Waals surface area contributed by atoms with Gasteiger partial charge in [-0.1, -0.05) is 30.3 Å². The summed E-state index contributed by atoms with van der Waals surface area (Å²) in [5.74, 6) is 0.131. The molecule has 2 aromatic rings. The summed E-state index contributed by atoms with van der Waals surface area (Å²) in [5.41, 5.74) is 0.817. The van der Waals surface area contributed by atoms with Crippen molar-refractivity contribution >= 4 is 5.91 Å². The van der Waals surface area contributed by atoms with E-state index in [-0.39, 0.29) is 23.3 Å². The SMILES string of the molecule is COc1cc(C(=O)N2CC[C@@](C)(O)[C@@H](Cc3ccccc3)C2)ccc1O. The molecule has 1 aliphatic heterocycles. The number of carbonyl (C=O) groups is 1. The van der Waals surface area contributed by atoms with Crippen molar-refractivity contribution in [3.8, 4) is 11.5 Å². The second-order valence-electron chi connectivity index (χ2n) is 7.13. The van der Waals surface area contributed by atoms with Crippen molar-refractivity contribution < 1.29 is 19.7 Å². The first-order valence-electron chi connectivity index (χ1n) is 8.83. The molecule has 5 nitrogen and oxygen atoms in total. The van der Waals surface area contributed by atoms with Crippen LogP contribution >= 0.6 is 0 Å². The Balaban J connectivity index is 1.77. The van der Waals surface area contributed by atoms with E-state index in [0.717, 1.165) is 12.0 Å². The average Bonchev–Trinajstić information content (AvgIpc) is 2.64. The van der Waals surface area contributed by atoms with Crippen molar-refractivity contribution in [3.63, 3.8) is 0 Å². The number of hydrogen-bond acceptors (Lipinski definition) is 4. The first kappa shape index (κ1) is 18.3. The number of amides is 1. The van der Waals surface area contributed by atoms with Gasteiger partial charge in [-0.15, -0.1) is 0 Å². The van der Waals surface area contributed by atoms with Gasteiger partial charge in [-0.3, -0.25) is 4.79 Å². The zero-order valence-electron chi connectivity index (χ0n) is 15.2. The fourth-order valence-electron chi connectivity index (χ4n) is 3.48. The predicted octanol–water partition coefficient (Wildman–Crippen LogP) is 2.86. The minimum absolute atomic E-state index is 0.00702. The number of rotatable bonds is 4. The molecule has 2 atom stereocenters. The van der Waals surface area contributed by atoms with Crippen molar-refractivity contribution in [2.75, 3.05) is 20.2 Å². The molecule has 2 aromatic carbocycles. The standard InChI is InChI=1S/C21H25NO4/c1-21(25)10-11-22(14-17(21)12-15-6-4-3-5-7-15)20(24)16-8-9-18(23)19(13-16)26-2/h3-9,13,17,23,25H,10-12,14H2,1-2H3/t17-,21+/m0/s1. The molecule has 138 valence electrons. The minimum Gasteiger partial charge on any atom is -0.504 e. The molecule has 0 aromatic heterocycles. The predicted molar refractivity (Wildman–Crippen MR) is 99.4 cm³/mol. The molecule has 0 spiro atoms. The Kier molecular flexibility index (Phi) is 5.18. The molecule has 2 N–H and O–H groups in total. The maximum Gasteiger partial charge on any atom is 0.254 e. The summed E-state index contributed by atoms with van der Waals surface area (Å²) in [6.45, 7) is 2.84. The van der Waals surface area contributed by atoms with Gasteiger partial charge in [0.1, 0.15) is 0 Å². The highest BCUT2D eigenvalue weighted by Crippen LogP contribution is 2.32. The fourth-order valence-corrected chi connectivity index (χ4v) is 3.48. The number of hydrogen-bond donors (Lipinski definition) is 2. The van der Waals surface area contributed by atoms with Crippen molar-refractivity contribution in [2.24, 2.45) is 5.92 Å². The number of nitrogens with zero attached hydrogens (tertiary/aromatic N) is 1. The molecule has 1 amide bonds. The summed E-state index contributed by atoms with van der Waals surface area (Å²) in [4.78, 5) is 14.7. The highest BCUT2D eigenvalue weighted by Gasteiger charge is 2.39. The van der Waals surface area contributed by atoms with Gasteiger partial charge in [0.2, 0.25) is 0 Å². The second-order valence-corrected chi connectivity index (χ2v) is 7.13. The zero-order chi connectivity index (χ0) is 18.7. The molecule has 1 aliphatic rings. The number of likely N-dealkylation sites (tertiary alicyclic amines) is 1. The van der Waals surface area contributed by atoms with Gasteiger partial charge >= 0.3 is 0 Å². The third-order valence-corrected chi connectivity index (χ3v) is 5.25. The average molecular weight is 355 g/mol. The number of methoxy groups -OCH3 is 1. The van der Waals surface area contributed by atoms with E-state index >= 15 is 0 Å². The highest BCUT2D eigenvalue weighted by atomic mass is 16.5. The van der Waals surface area contributed by atoms with E-state index in [4.69, 9.17) is 4.74 Å². The third kappa shape index (κ3) is 3.83. The van der Waals surface area contributed by atoms with Gasteiger partial charge in [0, 0.05) is 24.6 Å². The summed E-state index contributed by atoms with van der Waals surface area (Å²) >= 11 is 0. The summed E-state index contributed by atoms with van der Waals surface area (Å²) in [7, 11) is 1.46. The van der Waals surface area contributed by atoms with Crippen molar-refractivity contribution in [1.82, 2.24) is 4.90 Å². The number of carbonyl (C=O) groups excluding carboxylic acids is 1. The number of piperidine rings is 1. The zero-order valence-corrected chi connectivity index (χ0v) is 15.2. The largest absolute Gasteiger partial charge is 0.504 e. The Labute approximate surface area is 153 Å². The maximum absolute atomic E-state index is 12.9. The molecule has 3 rings (SSSR count). The second kappa shape index (κ2) is 7.38. The molecular weight excluding hydrogens is 330 g/mol. The lowest BCUT2D eigenvalue weighted by Crippen LogP contribution is -2.52. The number of benzene rings is 2. The number of phenolic OH excluding ortho intramolecular Hbond substituents is 1. The van der Waals surface area contributed by atoms with Gasteiger partial charge in [0.05, 0.1) is 12.7 Å². The van der Waals surface area contributed by atoms with Gasteiger partial charge in [-0.05, 0) is 43.5 Å². The van der Waals surface area contributed by atoms with Crippen LogP contribution in [-0.4, -0.2) is 46.8 Å². The van der Waals surface area contributed by atoms with Gasteiger partial charge in [0.25, 0.3) is 5.91 Å². The maximum atomic E-state index is 12.9. The normalized spacial score (nSPS) is 22.9. The van der Waals surface area contributed by atoms with Gasteiger partial charge in [-0.2, -0.15) is 0 Å². The van der Waals surface area contributed by atoms with Crippen LogP contribution in [-0.2, 0) is 6.42 Å². The van der Waals surface area contributed by atoms with Crippen LogP contribution in [0.25, 0.3) is 0 Å². The summed E-state index contributed by atoms with van der Waals surface area (Å²) in [6.07, 6.45) is 1.25. The number of aromatic hydroxyl groups is 1. The van der Waals surface area contributed by atoms with Crippen LogP contribution in [0.15, 0.2) is 48.5 Å². The highest BCUT2D eigenvalue weighted by molar-refractivity contribution is 5.95. The minimum atomic E-state index is -0.806. The lowest BCUT2D eigenvalue weighted by molar-refractivity contribution is -0.0507. The van der Waals surface area contributed by atoms with E-state index in [1.54, 1.807) is 17.0 Å². The lowest BCUT2D eigenvalue weighted by Gasteiger charge is -2.43. The van der Waals surface area contributed by atoms with E-state index in [2.05, 4.69) is 0 Å². The molecular formula is C21H25NO4. The van der Waals surface area contributed by atoms with E-state index in [0.29, 0.717) is 25.1 Å². The molecule has 1 fully saturated rings. The van der Waals surface area contributed by atoms with Crippen LogP contribution in [0.1, 0.15) is 29.3 Å². The molecule has 26 heavy (non-hydrogen) atoms. The van der Waals surface area contributed by atoms with Crippen molar-refractivity contribution in [1.29, 1.82) is 0 Å². The number of aliphatic hydroxyl groups is 1. The molecule has 0 bridgehead atoms. The fraction of sp³-hybridized carbons (Fsp3) is 0.381. The van der Waals surface area contributed by atoms with E-state index in [1.165, 1.54) is 13.2 Å². The van der Waals surface area contributed by atoms with Crippen LogP contribution in [0, 0.1) is 5.92 Å². The molecule has 0 aliphatic carbocycles. The van der Waals surface area contributed by atoms with E-state index < -0.39 is 5.60 Å². The van der Waals surface area contributed by atoms with Crippen LogP contribution in [0.3, 0.4) is 0 Å². The Hall–Kier alpha value is -2.53.